The number of nitrogens with zero attached hydrogens (tertiary/aromatic N) is 5. The average Bonchev–Trinajstić information content (AvgIpc) is 3.27. The number of anilines is 1. The molecule has 0 spiro atoms. The van der Waals surface area contributed by atoms with Crippen LogP contribution in [0.1, 0.15) is 24.0 Å². The van der Waals surface area contributed by atoms with Crippen LogP contribution in [0.3, 0.4) is 0 Å². The topological polar surface area (TPSA) is 88.0 Å². The fourth-order valence-corrected chi connectivity index (χ4v) is 3.59. The van der Waals surface area contributed by atoms with Crippen LogP contribution in [0.5, 0.6) is 0 Å². The average molecular weight is 391 g/mol. The van der Waals surface area contributed by atoms with Crippen molar-refractivity contribution in [2.45, 2.75) is 32.4 Å². The van der Waals surface area contributed by atoms with Gasteiger partial charge in [-0.05, 0) is 53.5 Å². The predicted molar refractivity (Wildman–Crippen MR) is 111 cm³/mol. The fourth-order valence-electron chi connectivity index (χ4n) is 3.59. The van der Waals surface area contributed by atoms with Gasteiger partial charge in [-0.25, -0.2) is 9.48 Å². The van der Waals surface area contributed by atoms with E-state index in [-0.39, 0.29) is 12.1 Å². The number of carbonyl (C=O) groups excluding carboxylic acids is 1. The first kappa shape index (κ1) is 19.1. The van der Waals surface area contributed by atoms with Crippen molar-refractivity contribution in [3.05, 3.63) is 66.0 Å². The van der Waals surface area contributed by atoms with Crippen molar-refractivity contribution in [3.63, 3.8) is 0 Å². The summed E-state index contributed by atoms with van der Waals surface area (Å²) >= 11 is 0. The molecule has 1 aliphatic rings. The second kappa shape index (κ2) is 8.83. The molecular weight excluding hydrogens is 366 g/mol. The number of rotatable bonds is 5. The molecule has 1 fully saturated rings. The van der Waals surface area contributed by atoms with Gasteiger partial charge < -0.3 is 10.6 Å². The molecule has 2 heterocycles. The van der Waals surface area contributed by atoms with Gasteiger partial charge in [0.25, 0.3) is 0 Å². The van der Waals surface area contributed by atoms with Crippen LogP contribution in [-0.4, -0.2) is 50.3 Å². The number of piperidine rings is 1. The molecule has 150 valence electrons. The third-order valence-electron chi connectivity index (χ3n) is 5.25. The van der Waals surface area contributed by atoms with E-state index in [9.17, 15) is 4.79 Å². The maximum absolute atomic E-state index is 12.5. The molecule has 0 atom stereocenters. The molecule has 1 aromatic heterocycles. The van der Waals surface area contributed by atoms with Crippen molar-refractivity contribution in [1.29, 1.82) is 0 Å². The van der Waals surface area contributed by atoms with Crippen molar-refractivity contribution in [3.8, 4) is 5.69 Å². The van der Waals surface area contributed by atoms with Crippen LogP contribution in [0.4, 0.5) is 10.5 Å². The summed E-state index contributed by atoms with van der Waals surface area (Å²) in [7, 11) is 0. The van der Waals surface area contributed by atoms with Crippen LogP contribution < -0.4 is 10.6 Å². The Bertz CT molecular complexity index is 935. The number of amides is 2. The number of likely N-dealkylation sites (tertiary alicyclic amines) is 1. The zero-order valence-electron chi connectivity index (χ0n) is 16.5. The van der Waals surface area contributed by atoms with Crippen LogP contribution in [0, 0.1) is 6.92 Å². The van der Waals surface area contributed by atoms with Gasteiger partial charge in [0, 0.05) is 31.4 Å². The molecule has 8 heteroatoms. The van der Waals surface area contributed by atoms with E-state index in [2.05, 4.69) is 55.3 Å². The quantitative estimate of drug-likeness (QED) is 0.698. The highest BCUT2D eigenvalue weighted by atomic mass is 16.2. The number of hydrogen-bond donors (Lipinski definition) is 2. The Morgan fingerprint density at radius 3 is 2.66 bits per heavy atom. The van der Waals surface area contributed by atoms with Crippen LogP contribution >= 0.6 is 0 Å². The first-order valence-corrected chi connectivity index (χ1v) is 9.85. The van der Waals surface area contributed by atoms with Crippen molar-refractivity contribution in [2.24, 2.45) is 0 Å². The van der Waals surface area contributed by atoms with Gasteiger partial charge >= 0.3 is 6.03 Å². The van der Waals surface area contributed by atoms with E-state index in [1.54, 1.807) is 4.68 Å². The highest BCUT2D eigenvalue weighted by Gasteiger charge is 2.21. The molecule has 0 saturated carbocycles. The largest absolute Gasteiger partial charge is 0.335 e. The van der Waals surface area contributed by atoms with E-state index in [0.717, 1.165) is 49.4 Å². The van der Waals surface area contributed by atoms with Crippen molar-refractivity contribution in [1.82, 2.24) is 30.4 Å². The zero-order valence-corrected chi connectivity index (χ0v) is 16.5. The van der Waals surface area contributed by atoms with Crippen LogP contribution in [-0.2, 0) is 6.54 Å². The number of urea groups is 1. The Balaban J connectivity index is 1.29. The van der Waals surface area contributed by atoms with Crippen LogP contribution in [0.15, 0.2) is 54.9 Å². The second-order valence-electron chi connectivity index (χ2n) is 7.39. The molecular formula is C21H25N7O. The summed E-state index contributed by atoms with van der Waals surface area (Å²) in [6.07, 6.45) is 3.42. The van der Waals surface area contributed by atoms with E-state index in [0.29, 0.717) is 0 Å². The van der Waals surface area contributed by atoms with E-state index in [1.807, 2.05) is 31.2 Å². The molecule has 1 saturated heterocycles. The summed E-state index contributed by atoms with van der Waals surface area (Å²) < 4.78 is 1.56. The fraction of sp³-hybridized carbons (Fsp3) is 0.333. The first-order chi connectivity index (χ1) is 14.2. The number of carbonyl (C=O) groups is 1. The molecule has 4 rings (SSSR count). The van der Waals surface area contributed by atoms with Crippen molar-refractivity contribution < 1.29 is 4.79 Å². The Hall–Kier alpha value is -3.26. The number of tetrazole rings is 1. The van der Waals surface area contributed by atoms with Crippen LogP contribution in [0.2, 0.25) is 0 Å². The maximum Gasteiger partial charge on any atom is 0.319 e. The molecule has 3 aromatic rings. The van der Waals surface area contributed by atoms with E-state index in [1.165, 1.54) is 11.9 Å². The standard InChI is InChI=1S/C21H25N7O/c1-16-7-8-19(28-15-22-25-26-28)13-20(16)24-21(29)23-18-9-11-27(12-10-18)14-17-5-3-2-4-6-17/h2-8,13,15,18H,9-12,14H2,1H3,(H2,23,24,29). The highest BCUT2D eigenvalue weighted by molar-refractivity contribution is 5.90. The Morgan fingerprint density at radius 1 is 1.14 bits per heavy atom. The van der Waals surface area contributed by atoms with E-state index >= 15 is 0 Å². The van der Waals surface area contributed by atoms with Crippen LogP contribution in [0.25, 0.3) is 5.69 Å². The first-order valence-electron chi connectivity index (χ1n) is 9.85. The maximum atomic E-state index is 12.5. The number of nitrogens with one attached hydrogen (secondary N) is 2. The second-order valence-corrected chi connectivity index (χ2v) is 7.39. The Morgan fingerprint density at radius 2 is 1.93 bits per heavy atom. The van der Waals surface area contributed by atoms with Gasteiger partial charge in [0.1, 0.15) is 6.33 Å². The van der Waals surface area contributed by atoms with Crippen molar-refractivity contribution in [2.75, 3.05) is 18.4 Å². The SMILES string of the molecule is Cc1ccc(-n2cnnn2)cc1NC(=O)NC1CCN(Cc2ccccc2)CC1. The molecule has 1 aliphatic heterocycles. The molecule has 8 nitrogen and oxygen atoms in total. The minimum atomic E-state index is -0.177. The number of hydrogen-bond acceptors (Lipinski definition) is 5. The summed E-state index contributed by atoms with van der Waals surface area (Å²) in [5.74, 6) is 0. The third kappa shape index (κ3) is 4.97. The lowest BCUT2D eigenvalue weighted by Gasteiger charge is -2.32. The van der Waals surface area contributed by atoms with Gasteiger partial charge in [-0.2, -0.15) is 0 Å². The predicted octanol–water partition coefficient (Wildman–Crippen LogP) is 2.76. The van der Waals surface area contributed by atoms with E-state index in [4.69, 9.17) is 0 Å². The van der Waals surface area contributed by atoms with E-state index < -0.39 is 0 Å². The lowest BCUT2D eigenvalue weighted by molar-refractivity contribution is 0.190. The molecule has 29 heavy (non-hydrogen) atoms. The molecule has 2 aromatic carbocycles. The number of aryl methyl sites for hydroxylation is 1. The summed E-state index contributed by atoms with van der Waals surface area (Å²) in [5, 5.41) is 17.3. The minimum absolute atomic E-state index is 0.177. The Labute approximate surface area is 169 Å². The molecule has 0 radical (unpaired) electrons. The van der Waals surface area contributed by atoms with Gasteiger partial charge in [0.15, 0.2) is 0 Å². The summed E-state index contributed by atoms with van der Waals surface area (Å²) in [5.41, 5.74) is 3.85. The van der Waals surface area contributed by atoms with Gasteiger partial charge in [0.05, 0.1) is 5.69 Å². The molecule has 0 unspecified atom stereocenters. The lowest BCUT2D eigenvalue weighted by Crippen LogP contribution is -2.45. The Kier molecular flexibility index (Phi) is 5.81. The lowest BCUT2D eigenvalue weighted by atomic mass is 10.0. The monoisotopic (exact) mass is 391 g/mol. The van der Waals surface area contributed by atoms with Gasteiger partial charge in [-0.15, -0.1) is 5.10 Å². The minimum Gasteiger partial charge on any atom is -0.335 e. The molecule has 2 N–H and O–H groups in total. The summed E-state index contributed by atoms with van der Waals surface area (Å²) in [4.78, 5) is 15.0. The summed E-state index contributed by atoms with van der Waals surface area (Å²) in [6, 6.07) is 16.2. The van der Waals surface area contributed by atoms with Gasteiger partial charge in [-0.1, -0.05) is 36.4 Å². The zero-order chi connectivity index (χ0) is 20.1. The third-order valence-corrected chi connectivity index (χ3v) is 5.25. The molecule has 0 bridgehead atoms. The molecule has 0 aliphatic carbocycles. The van der Waals surface area contributed by atoms with Gasteiger partial charge in [0.2, 0.25) is 0 Å². The highest BCUT2D eigenvalue weighted by Crippen LogP contribution is 2.19. The number of aromatic nitrogens is 4. The molecule has 2 amide bonds. The smallest absolute Gasteiger partial charge is 0.319 e. The van der Waals surface area contributed by atoms with Crippen molar-refractivity contribution >= 4 is 11.7 Å². The number of benzene rings is 2. The normalized spacial score (nSPS) is 15.2. The summed E-state index contributed by atoms with van der Waals surface area (Å²) in [6.45, 7) is 4.88. The van der Waals surface area contributed by atoms with Gasteiger partial charge in [-0.3, -0.25) is 4.90 Å².